The molecule has 1 atom stereocenters. The Kier molecular flexibility index (Phi) is 2.25. The van der Waals surface area contributed by atoms with Crippen LogP contribution in [-0.2, 0) is 19.4 Å². The van der Waals surface area contributed by atoms with E-state index in [0.717, 1.165) is 30.3 Å². The third kappa shape index (κ3) is 1.74. The van der Waals surface area contributed by atoms with Crippen molar-refractivity contribution in [1.82, 2.24) is 14.8 Å². The molecule has 84 valence electrons. The summed E-state index contributed by atoms with van der Waals surface area (Å²) in [7, 11) is 0. The SMILES string of the molecule is OC1CCc2nc(Cc3ccco3)nn2C1. The van der Waals surface area contributed by atoms with Gasteiger partial charge in [-0.1, -0.05) is 0 Å². The van der Waals surface area contributed by atoms with Crippen LogP contribution in [-0.4, -0.2) is 26.0 Å². The van der Waals surface area contributed by atoms with Gasteiger partial charge in [0, 0.05) is 6.42 Å². The maximum atomic E-state index is 9.51. The molecule has 0 fully saturated rings. The Hall–Kier alpha value is -1.62. The van der Waals surface area contributed by atoms with Crippen LogP contribution in [0.25, 0.3) is 0 Å². The van der Waals surface area contributed by atoms with E-state index in [2.05, 4.69) is 10.1 Å². The molecule has 0 amide bonds. The van der Waals surface area contributed by atoms with Crippen LogP contribution >= 0.6 is 0 Å². The van der Waals surface area contributed by atoms with Gasteiger partial charge >= 0.3 is 0 Å². The van der Waals surface area contributed by atoms with Gasteiger partial charge in [0.05, 0.1) is 25.3 Å². The zero-order valence-electron chi connectivity index (χ0n) is 8.83. The molecule has 5 nitrogen and oxygen atoms in total. The van der Waals surface area contributed by atoms with Crippen molar-refractivity contribution in [2.45, 2.75) is 31.9 Å². The van der Waals surface area contributed by atoms with Crippen LogP contribution in [0.3, 0.4) is 0 Å². The Morgan fingerprint density at radius 2 is 2.50 bits per heavy atom. The third-order valence-electron chi connectivity index (χ3n) is 2.79. The Labute approximate surface area is 92.7 Å². The molecule has 0 spiro atoms. The Morgan fingerprint density at radius 1 is 1.56 bits per heavy atom. The van der Waals surface area contributed by atoms with Crippen molar-refractivity contribution in [3.63, 3.8) is 0 Å². The third-order valence-corrected chi connectivity index (χ3v) is 2.79. The monoisotopic (exact) mass is 219 g/mol. The van der Waals surface area contributed by atoms with Crippen molar-refractivity contribution >= 4 is 0 Å². The summed E-state index contributed by atoms with van der Waals surface area (Å²) in [6, 6.07) is 3.77. The van der Waals surface area contributed by atoms with Crippen LogP contribution in [0.15, 0.2) is 22.8 Å². The van der Waals surface area contributed by atoms with Crippen molar-refractivity contribution in [1.29, 1.82) is 0 Å². The number of aryl methyl sites for hydroxylation is 1. The average Bonchev–Trinajstić information content (AvgIpc) is 2.86. The van der Waals surface area contributed by atoms with Crippen LogP contribution in [0.2, 0.25) is 0 Å². The molecule has 1 N–H and O–H groups in total. The summed E-state index contributed by atoms with van der Waals surface area (Å²) >= 11 is 0. The first-order valence-corrected chi connectivity index (χ1v) is 5.44. The minimum atomic E-state index is -0.286. The number of furan rings is 1. The van der Waals surface area contributed by atoms with Crippen molar-refractivity contribution in [2.75, 3.05) is 0 Å². The predicted octanol–water partition coefficient (Wildman–Crippen LogP) is 0.769. The Morgan fingerprint density at radius 3 is 3.31 bits per heavy atom. The fourth-order valence-corrected chi connectivity index (χ4v) is 1.99. The van der Waals surface area contributed by atoms with Crippen LogP contribution in [0, 0.1) is 0 Å². The average molecular weight is 219 g/mol. The second kappa shape index (κ2) is 3.75. The summed E-state index contributed by atoms with van der Waals surface area (Å²) in [4.78, 5) is 4.44. The van der Waals surface area contributed by atoms with Gasteiger partial charge in [0.2, 0.25) is 0 Å². The predicted molar refractivity (Wildman–Crippen MR) is 55.9 cm³/mol. The normalized spacial score (nSPS) is 19.7. The van der Waals surface area contributed by atoms with Crippen LogP contribution < -0.4 is 0 Å². The molecule has 16 heavy (non-hydrogen) atoms. The topological polar surface area (TPSA) is 64.1 Å². The van der Waals surface area contributed by atoms with Crippen molar-refractivity contribution in [3.8, 4) is 0 Å². The molecule has 3 rings (SSSR count). The highest BCUT2D eigenvalue weighted by molar-refractivity contribution is 5.07. The number of aliphatic hydroxyl groups excluding tert-OH is 1. The molecule has 0 radical (unpaired) electrons. The van der Waals surface area contributed by atoms with E-state index in [0.29, 0.717) is 13.0 Å². The van der Waals surface area contributed by atoms with E-state index in [9.17, 15) is 5.11 Å². The molecule has 0 aromatic carbocycles. The van der Waals surface area contributed by atoms with E-state index in [1.807, 2.05) is 12.1 Å². The zero-order valence-corrected chi connectivity index (χ0v) is 8.83. The number of aliphatic hydroxyl groups is 1. The zero-order chi connectivity index (χ0) is 11.0. The molecule has 0 saturated heterocycles. The summed E-state index contributed by atoms with van der Waals surface area (Å²) in [5, 5.41) is 13.9. The maximum Gasteiger partial charge on any atom is 0.158 e. The highest BCUT2D eigenvalue weighted by atomic mass is 16.3. The van der Waals surface area contributed by atoms with E-state index in [-0.39, 0.29) is 6.10 Å². The maximum absolute atomic E-state index is 9.51. The number of hydrogen-bond donors (Lipinski definition) is 1. The molecule has 2 aromatic rings. The van der Waals surface area contributed by atoms with Gasteiger partial charge in [-0.15, -0.1) is 0 Å². The first-order chi connectivity index (χ1) is 7.81. The lowest BCUT2D eigenvalue weighted by atomic mass is 10.1. The fraction of sp³-hybridized carbons (Fsp3) is 0.455. The first kappa shape index (κ1) is 9.59. The van der Waals surface area contributed by atoms with Gasteiger partial charge in [0.15, 0.2) is 5.82 Å². The molecular formula is C11H13N3O2. The van der Waals surface area contributed by atoms with Gasteiger partial charge in [-0.05, 0) is 18.6 Å². The fourth-order valence-electron chi connectivity index (χ4n) is 1.99. The van der Waals surface area contributed by atoms with Gasteiger partial charge in [0.25, 0.3) is 0 Å². The number of fused-ring (bicyclic) bond motifs is 1. The van der Waals surface area contributed by atoms with Gasteiger partial charge in [-0.2, -0.15) is 5.10 Å². The quantitative estimate of drug-likeness (QED) is 0.810. The highest BCUT2D eigenvalue weighted by Gasteiger charge is 2.19. The van der Waals surface area contributed by atoms with Crippen molar-refractivity contribution in [3.05, 3.63) is 35.8 Å². The van der Waals surface area contributed by atoms with Gasteiger partial charge in [-0.3, -0.25) is 0 Å². The number of hydrogen-bond acceptors (Lipinski definition) is 4. The van der Waals surface area contributed by atoms with E-state index in [1.54, 1.807) is 10.9 Å². The van der Waals surface area contributed by atoms with Crippen LogP contribution in [0.4, 0.5) is 0 Å². The molecule has 2 aromatic heterocycles. The minimum Gasteiger partial charge on any atom is -0.469 e. The molecular weight excluding hydrogens is 206 g/mol. The number of aromatic nitrogens is 3. The largest absolute Gasteiger partial charge is 0.469 e. The molecule has 5 heteroatoms. The summed E-state index contributed by atoms with van der Waals surface area (Å²) in [5.74, 6) is 2.59. The van der Waals surface area contributed by atoms with E-state index >= 15 is 0 Å². The van der Waals surface area contributed by atoms with Crippen molar-refractivity contribution in [2.24, 2.45) is 0 Å². The lowest BCUT2D eigenvalue weighted by Gasteiger charge is -2.16. The standard InChI is InChI=1S/C11H13N3O2/c15-8-3-4-11-12-10(13-14(11)7-8)6-9-2-1-5-16-9/h1-2,5,8,15H,3-4,6-7H2. The molecule has 0 aliphatic carbocycles. The Bertz CT molecular complexity index is 475. The van der Waals surface area contributed by atoms with E-state index in [1.165, 1.54) is 0 Å². The van der Waals surface area contributed by atoms with Gasteiger partial charge < -0.3 is 9.52 Å². The van der Waals surface area contributed by atoms with Crippen molar-refractivity contribution < 1.29 is 9.52 Å². The summed E-state index contributed by atoms with van der Waals surface area (Å²) in [6.45, 7) is 0.556. The number of nitrogens with zero attached hydrogens (tertiary/aromatic N) is 3. The van der Waals surface area contributed by atoms with Gasteiger partial charge in [0.1, 0.15) is 11.6 Å². The van der Waals surface area contributed by atoms with E-state index < -0.39 is 0 Å². The van der Waals surface area contributed by atoms with E-state index in [4.69, 9.17) is 4.42 Å². The summed E-state index contributed by atoms with van der Waals surface area (Å²) < 4.78 is 7.05. The first-order valence-electron chi connectivity index (χ1n) is 5.44. The number of rotatable bonds is 2. The molecule has 0 saturated carbocycles. The smallest absolute Gasteiger partial charge is 0.158 e. The molecule has 0 bridgehead atoms. The lowest BCUT2D eigenvalue weighted by molar-refractivity contribution is 0.124. The summed E-state index contributed by atoms with van der Waals surface area (Å²) in [5.41, 5.74) is 0. The summed E-state index contributed by atoms with van der Waals surface area (Å²) in [6.07, 6.45) is 3.55. The second-order valence-electron chi connectivity index (χ2n) is 4.08. The van der Waals surface area contributed by atoms with Crippen LogP contribution in [0.5, 0.6) is 0 Å². The molecule has 1 aliphatic rings. The molecule has 1 aliphatic heterocycles. The molecule has 3 heterocycles. The highest BCUT2D eigenvalue weighted by Crippen LogP contribution is 2.14. The Balaban J connectivity index is 1.82. The van der Waals surface area contributed by atoms with Crippen LogP contribution in [0.1, 0.15) is 23.8 Å². The second-order valence-corrected chi connectivity index (χ2v) is 4.08. The molecule has 1 unspecified atom stereocenters. The van der Waals surface area contributed by atoms with Gasteiger partial charge in [-0.25, -0.2) is 9.67 Å². The lowest BCUT2D eigenvalue weighted by Crippen LogP contribution is -2.25. The minimum absolute atomic E-state index is 0.286.